The Bertz CT molecular complexity index is 864. The summed E-state index contributed by atoms with van der Waals surface area (Å²) in [6, 6.07) is 23.4. The Morgan fingerprint density at radius 2 is 1.54 bits per heavy atom. The molecule has 0 radical (unpaired) electrons. The first-order valence-corrected chi connectivity index (χ1v) is 8.53. The SMILES string of the molecule is CC(C)(C)[C@H]1N[C@H](c2ccccc2)Oc2ccc3ccccc3c21. The highest BCUT2D eigenvalue weighted by atomic mass is 16.5. The fourth-order valence-electron chi connectivity index (χ4n) is 3.55. The molecular weight excluding hydrogens is 294 g/mol. The van der Waals surface area contributed by atoms with Gasteiger partial charge in [-0.3, -0.25) is 5.32 Å². The highest BCUT2D eigenvalue weighted by Gasteiger charge is 2.36. The van der Waals surface area contributed by atoms with Crippen molar-refractivity contribution in [3.05, 3.63) is 77.9 Å². The van der Waals surface area contributed by atoms with Crippen molar-refractivity contribution in [3.63, 3.8) is 0 Å². The Hall–Kier alpha value is -2.32. The quantitative estimate of drug-likeness (QED) is 0.630. The molecule has 1 heterocycles. The third kappa shape index (κ3) is 2.57. The van der Waals surface area contributed by atoms with Crippen LogP contribution in [0.4, 0.5) is 0 Å². The maximum absolute atomic E-state index is 6.34. The molecule has 0 saturated carbocycles. The van der Waals surface area contributed by atoms with E-state index in [4.69, 9.17) is 4.74 Å². The van der Waals surface area contributed by atoms with E-state index in [-0.39, 0.29) is 17.7 Å². The summed E-state index contributed by atoms with van der Waals surface area (Å²) in [6.07, 6.45) is -0.121. The molecule has 2 heteroatoms. The van der Waals surface area contributed by atoms with Crippen LogP contribution in [0.2, 0.25) is 0 Å². The summed E-state index contributed by atoms with van der Waals surface area (Å²) in [5.41, 5.74) is 2.51. The Kier molecular flexibility index (Phi) is 3.58. The average Bonchev–Trinajstić information content (AvgIpc) is 2.60. The first kappa shape index (κ1) is 15.2. The zero-order valence-electron chi connectivity index (χ0n) is 14.4. The van der Waals surface area contributed by atoms with Gasteiger partial charge in [0.25, 0.3) is 0 Å². The van der Waals surface area contributed by atoms with E-state index in [1.807, 2.05) is 6.07 Å². The first-order chi connectivity index (χ1) is 11.5. The second-order valence-corrected chi connectivity index (χ2v) is 7.57. The highest BCUT2D eigenvalue weighted by Crippen LogP contribution is 2.46. The van der Waals surface area contributed by atoms with E-state index in [0.717, 1.165) is 11.3 Å². The highest BCUT2D eigenvalue weighted by molar-refractivity contribution is 5.88. The smallest absolute Gasteiger partial charge is 0.177 e. The summed E-state index contributed by atoms with van der Waals surface area (Å²) < 4.78 is 6.34. The topological polar surface area (TPSA) is 21.3 Å². The van der Waals surface area contributed by atoms with Gasteiger partial charge in [-0.2, -0.15) is 0 Å². The third-order valence-corrected chi connectivity index (χ3v) is 4.75. The molecule has 0 fully saturated rings. The van der Waals surface area contributed by atoms with Crippen LogP contribution in [0.15, 0.2) is 66.7 Å². The van der Waals surface area contributed by atoms with Gasteiger partial charge in [0.2, 0.25) is 0 Å². The fraction of sp³-hybridized carbons (Fsp3) is 0.273. The van der Waals surface area contributed by atoms with Gasteiger partial charge in [-0.1, -0.05) is 81.4 Å². The van der Waals surface area contributed by atoms with E-state index < -0.39 is 0 Å². The van der Waals surface area contributed by atoms with Crippen molar-refractivity contribution >= 4 is 10.8 Å². The molecule has 0 saturated heterocycles. The summed E-state index contributed by atoms with van der Waals surface area (Å²) in [5.74, 6) is 0.987. The van der Waals surface area contributed by atoms with Gasteiger partial charge >= 0.3 is 0 Å². The summed E-state index contributed by atoms with van der Waals surface area (Å²) in [4.78, 5) is 0. The van der Waals surface area contributed by atoms with E-state index in [2.05, 4.69) is 86.8 Å². The number of hydrogen-bond acceptors (Lipinski definition) is 2. The lowest BCUT2D eigenvalue weighted by molar-refractivity contribution is 0.0878. The van der Waals surface area contributed by atoms with Crippen LogP contribution in [0.5, 0.6) is 5.75 Å². The molecule has 0 aromatic heterocycles. The van der Waals surface area contributed by atoms with Crippen molar-refractivity contribution in [2.45, 2.75) is 33.0 Å². The van der Waals surface area contributed by atoms with Crippen LogP contribution < -0.4 is 10.1 Å². The molecule has 0 unspecified atom stereocenters. The summed E-state index contributed by atoms with van der Waals surface area (Å²) in [6.45, 7) is 6.84. The summed E-state index contributed by atoms with van der Waals surface area (Å²) in [7, 11) is 0. The lowest BCUT2D eigenvalue weighted by Gasteiger charge is -2.41. The van der Waals surface area contributed by atoms with Crippen LogP contribution in [-0.4, -0.2) is 0 Å². The number of rotatable bonds is 1. The number of hydrogen-bond donors (Lipinski definition) is 1. The molecule has 2 nitrogen and oxygen atoms in total. The van der Waals surface area contributed by atoms with Crippen molar-refractivity contribution in [1.29, 1.82) is 0 Å². The van der Waals surface area contributed by atoms with Crippen molar-refractivity contribution in [2.24, 2.45) is 5.41 Å². The summed E-state index contributed by atoms with van der Waals surface area (Å²) >= 11 is 0. The molecule has 0 aliphatic carbocycles. The van der Waals surface area contributed by atoms with Gasteiger partial charge in [0.05, 0.1) is 0 Å². The molecule has 24 heavy (non-hydrogen) atoms. The molecule has 4 rings (SSSR count). The number of benzene rings is 3. The van der Waals surface area contributed by atoms with Crippen molar-refractivity contribution in [2.75, 3.05) is 0 Å². The van der Waals surface area contributed by atoms with E-state index in [9.17, 15) is 0 Å². The molecule has 1 aliphatic rings. The monoisotopic (exact) mass is 317 g/mol. The van der Waals surface area contributed by atoms with Gasteiger partial charge in [0.15, 0.2) is 6.23 Å². The molecule has 3 aromatic rings. The molecule has 122 valence electrons. The van der Waals surface area contributed by atoms with Crippen LogP contribution in [0.1, 0.15) is 44.2 Å². The Morgan fingerprint density at radius 3 is 2.29 bits per heavy atom. The lowest BCUT2D eigenvalue weighted by atomic mass is 9.79. The van der Waals surface area contributed by atoms with Gasteiger partial charge in [-0.05, 0) is 22.3 Å². The molecule has 3 aromatic carbocycles. The first-order valence-electron chi connectivity index (χ1n) is 8.53. The maximum Gasteiger partial charge on any atom is 0.177 e. The van der Waals surface area contributed by atoms with Gasteiger partial charge < -0.3 is 4.74 Å². The number of fused-ring (bicyclic) bond motifs is 3. The number of nitrogens with one attached hydrogen (secondary N) is 1. The van der Waals surface area contributed by atoms with E-state index in [1.54, 1.807) is 0 Å². The van der Waals surface area contributed by atoms with Crippen LogP contribution in [0, 0.1) is 5.41 Å². The molecule has 2 atom stereocenters. The fourth-order valence-corrected chi connectivity index (χ4v) is 3.55. The van der Waals surface area contributed by atoms with Crippen molar-refractivity contribution in [1.82, 2.24) is 5.32 Å². The Labute approximate surface area is 143 Å². The lowest BCUT2D eigenvalue weighted by Crippen LogP contribution is -2.41. The molecule has 0 amide bonds. The zero-order chi connectivity index (χ0) is 16.7. The van der Waals surface area contributed by atoms with Crippen molar-refractivity contribution < 1.29 is 4.74 Å². The molecule has 1 N–H and O–H groups in total. The molecule has 0 spiro atoms. The van der Waals surface area contributed by atoms with Crippen LogP contribution in [-0.2, 0) is 0 Å². The third-order valence-electron chi connectivity index (χ3n) is 4.75. The largest absolute Gasteiger partial charge is 0.471 e. The average molecular weight is 317 g/mol. The normalized spacial score (nSPS) is 20.5. The van der Waals surface area contributed by atoms with E-state index >= 15 is 0 Å². The standard InChI is InChI=1S/C22H23NO/c1-22(2,3)20-19-17-12-8-7-9-15(17)13-14-18(19)24-21(23-20)16-10-5-4-6-11-16/h4-14,20-21,23H,1-3H3/t20-,21-/m0/s1. The minimum atomic E-state index is -0.121. The van der Waals surface area contributed by atoms with Gasteiger partial charge in [0, 0.05) is 17.2 Å². The van der Waals surface area contributed by atoms with Crippen LogP contribution in [0.3, 0.4) is 0 Å². The predicted molar refractivity (Wildman–Crippen MR) is 99.1 cm³/mol. The second kappa shape index (κ2) is 5.64. The minimum Gasteiger partial charge on any atom is -0.471 e. The van der Waals surface area contributed by atoms with Crippen LogP contribution >= 0.6 is 0 Å². The second-order valence-electron chi connectivity index (χ2n) is 7.57. The Balaban J connectivity index is 1.88. The minimum absolute atomic E-state index is 0.0791. The van der Waals surface area contributed by atoms with Crippen LogP contribution in [0.25, 0.3) is 10.8 Å². The van der Waals surface area contributed by atoms with Gasteiger partial charge in [0.1, 0.15) is 5.75 Å². The molecular formula is C22H23NO. The van der Waals surface area contributed by atoms with Gasteiger partial charge in [-0.15, -0.1) is 0 Å². The van der Waals surface area contributed by atoms with E-state index in [1.165, 1.54) is 16.3 Å². The number of ether oxygens (including phenoxy) is 1. The zero-order valence-corrected chi connectivity index (χ0v) is 14.4. The van der Waals surface area contributed by atoms with Crippen molar-refractivity contribution in [3.8, 4) is 5.75 Å². The molecule has 0 bridgehead atoms. The van der Waals surface area contributed by atoms with E-state index in [0.29, 0.717) is 0 Å². The maximum atomic E-state index is 6.34. The molecule has 1 aliphatic heterocycles. The Morgan fingerprint density at radius 1 is 0.833 bits per heavy atom. The predicted octanol–water partition coefficient (Wildman–Crippen LogP) is 5.61. The summed E-state index contributed by atoms with van der Waals surface area (Å²) in [5, 5.41) is 6.27. The van der Waals surface area contributed by atoms with Gasteiger partial charge in [-0.25, -0.2) is 0 Å².